The number of aldehydes is 1. The molecule has 9 N–H and O–H groups in total. The Morgan fingerprint density at radius 1 is 1.00 bits per heavy atom. The molecule has 3 aliphatic heterocycles. The molecule has 16 heteroatoms. The number of carbonyl (C=O) groups is 3. The summed E-state index contributed by atoms with van der Waals surface area (Å²) in [4.78, 5) is 43.5. The summed E-state index contributed by atoms with van der Waals surface area (Å²) in [5.41, 5.74) is 23.1. The number of amides is 2. The van der Waals surface area contributed by atoms with E-state index in [0.717, 1.165) is 60.1 Å². The second-order valence-corrected chi connectivity index (χ2v) is 16.5. The molecule has 0 radical (unpaired) electrons. The number of para-hydroxylation sites is 1. The average molecular weight is 853 g/mol. The van der Waals surface area contributed by atoms with E-state index < -0.39 is 5.67 Å². The Morgan fingerprint density at radius 2 is 1.74 bits per heavy atom. The predicted octanol–water partition coefficient (Wildman–Crippen LogP) is 4.54. The highest BCUT2D eigenvalue weighted by molar-refractivity contribution is 5.95. The van der Waals surface area contributed by atoms with E-state index in [1.54, 1.807) is 35.2 Å². The maximum Gasteiger partial charge on any atom is 0.254 e. The standard InChI is InChI=1S/C42H54FN9O3.C4H7NO2/c1-27-20-29(38-25-51(24-28(2)55-38)36(39(45)46)22-35(44)34-6-4-5-7-37(34)53)8-9-33(27)41(54)50-18-13-42(43,14-19-50)26-49-15-11-32(12-16-49)52-17-10-30-21-31(47-3)23-48-40(30)52;6-3-1-2-5-4-7/h4-10,17,20-23,28,32,38,47,53H,11-16,18-19,24-26,44-46H2,1-3H3;3-4H,1-2H2,(H,5,7)/b35-22-;. The van der Waals surface area contributed by atoms with Crippen LogP contribution in [0.4, 0.5) is 10.1 Å². The normalized spacial score (nSPS) is 19.6. The van der Waals surface area contributed by atoms with Crippen LogP contribution in [-0.4, -0.2) is 119 Å². The number of ether oxygens (including phenoxy) is 1. The molecule has 15 nitrogen and oxygen atoms in total. The fraction of sp³-hybridized carbons (Fsp3) is 0.435. The minimum absolute atomic E-state index is 0.0640. The lowest BCUT2D eigenvalue weighted by molar-refractivity contribution is -0.110. The SMILES string of the molecule is CNc1cnc2c(ccn2C2CCN(CC3(F)CCN(C(=O)c4ccc(C5CN(C(/C=C(\N)c6ccccc6O)=C(N)N)CC(C)O5)cc4C)CC3)CC2)c1.O=CCCNC=O. The molecule has 5 heterocycles. The number of nitrogens with two attached hydrogens (primary N) is 3. The van der Waals surface area contributed by atoms with E-state index in [4.69, 9.17) is 21.9 Å². The van der Waals surface area contributed by atoms with Crippen LogP contribution in [0.5, 0.6) is 5.75 Å². The zero-order valence-corrected chi connectivity index (χ0v) is 35.9. The molecule has 2 atom stereocenters. The second-order valence-electron chi connectivity index (χ2n) is 16.5. The predicted molar refractivity (Wildman–Crippen MR) is 239 cm³/mol. The number of benzene rings is 2. The second kappa shape index (κ2) is 20.6. The summed E-state index contributed by atoms with van der Waals surface area (Å²) in [7, 11) is 1.89. The molecular weight excluding hydrogens is 792 g/mol. The molecule has 0 bridgehead atoms. The number of phenols is 1. The number of aromatic hydroxyl groups is 1. The molecule has 3 fully saturated rings. The number of aromatic nitrogens is 2. The summed E-state index contributed by atoms with van der Waals surface area (Å²) in [6, 6.07) is 17.2. The van der Waals surface area contributed by atoms with Crippen LogP contribution in [0.1, 0.15) is 78.2 Å². The monoisotopic (exact) mass is 852 g/mol. The van der Waals surface area contributed by atoms with E-state index in [0.29, 0.717) is 93.5 Å². The number of phenolic OH excluding ortho intramolecular Hbond substituents is 1. The number of alkyl halides is 1. The number of likely N-dealkylation sites (tertiary alicyclic amines) is 2. The van der Waals surface area contributed by atoms with Crippen LogP contribution in [0.3, 0.4) is 0 Å². The van der Waals surface area contributed by atoms with Crippen LogP contribution in [-0.2, 0) is 14.3 Å². The van der Waals surface area contributed by atoms with Gasteiger partial charge in [-0.15, -0.1) is 0 Å². The first kappa shape index (κ1) is 45.4. The van der Waals surface area contributed by atoms with Gasteiger partial charge in [-0.3, -0.25) is 9.59 Å². The molecule has 62 heavy (non-hydrogen) atoms. The lowest BCUT2D eigenvalue weighted by Gasteiger charge is -2.41. The number of morpholine rings is 1. The Balaban J connectivity index is 0.000000845. The van der Waals surface area contributed by atoms with Crippen molar-refractivity contribution in [3.63, 3.8) is 0 Å². The quantitative estimate of drug-likeness (QED) is 0.0623. The largest absolute Gasteiger partial charge is 0.507 e. The van der Waals surface area contributed by atoms with Gasteiger partial charge in [0, 0.05) is 113 Å². The number of piperidine rings is 2. The lowest BCUT2D eigenvalue weighted by atomic mass is 9.90. The minimum atomic E-state index is -1.32. The summed E-state index contributed by atoms with van der Waals surface area (Å²) in [5.74, 6) is 0.0932. The number of hydrogen-bond acceptors (Lipinski definition) is 12. The maximum atomic E-state index is 16.3. The Bertz CT molecular complexity index is 2230. The van der Waals surface area contributed by atoms with Crippen molar-refractivity contribution >= 4 is 41.0 Å². The molecule has 3 aliphatic rings. The molecular formula is C46H61FN10O5. The Morgan fingerprint density at radius 3 is 2.40 bits per heavy atom. The van der Waals surface area contributed by atoms with Crippen molar-refractivity contribution in [2.24, 2.45) is 17.2 Å². The molecule has 7 rings (SSSR count). The van der Waals surface area contributed by atoms with Crippen molar-refractivity contribution in [3.05, 3.63) is 107 Å². The average Bonchev–Trinajstić information content (AvgIpc) is 3.69. The van der Waals surface area contributed by atoms with Gasteiger partial charge in [-0.05, 0) is 74.2 Å². The van der Waals surface area contributed by atoms with Crippen molar-refractivity contribution in [3.8, 4) is 5.75 Å². The first-order valence-electron chi connectivity index (χ1n) is 21.3. The van der Waals surface area contributed by atoms with E-state index in [2.05, 4.69) is 43.4 Å². The number of fused-ring (bicyclic) bond motifs is 1. The van der Waals surface area contributed by atoms with Gasteiger partial charge in [0.2, 0.25) is 6.41 Å². The number of pyridine rings is 1. The first-order chi connectivity index (χ1) is 29.8. The lowest BCUT2D eigenvalue weighted by Crippen LogP contribution is -2.51. The Hall–Kier alpha value is -6.13. The number of allylic oxidation sites excluding steroid dienone is 1. The van der Waals surface area contributed by atoms with E-state index in [1.165, 1.54) is 0 Å². The minimum Gasteiger partial charge on any atom is -0.507 e. The number of nitrogens with one attached hydrogen (secondary N) is 2. The topological polar surface area (TPSA) is 210 Å². The molecule has 2 amide bonds. The van der Waals surface area contributed by atoms with Crippen molar-refractivity contribution in [1.29, 1.82) is 0 Å². The van der Waals surface area contributed by atoms with Gasteiger partial charge in [-0.1, -0.05) is 24.3 Å². The fourth-order valence-corrected chi connectivity index (χ4v) is 8.63. The van der Waals surface area contributed by atoms with Gasteiger partial charge in [-0.25, -0.2) is 9.37 Å². The van der Waals surface area contributed by atoms with Crippen LogP contribution >= 0.6 is 0 Å². The van der Waals surface area contributed by atoms with Crippen LogP contribution in [0.2, 0.25) is 0 Å². The van der Waals surface area contributed by atoms with Crippen molar-refractivity contribution in [2.45, 2.75) is 69.9 Å². The number of hydrogen-bond donors (Lipinski definition) is 6. The van der Waals surface area contributed by atoms with Crippen LogP contribution in [0.25, 0.3) is 16.7 Å². The number of carbonyl (C=O) groups excluding carboxylic acids is 3. The zero-order chi connectivity index (χ0) is 44.4. The van der Waals surface area contributed by atoms with Gasteiger partial charge in [0.05, 0.1) is 23.7 Å². The highest BCUT2D eigenvalue weighted by Gasteiger charge is 2.39. The highest BCUT2D eigenvalue weighted by Crippen LogP contribution is 2.34. The van der Waals surface area contributed by atoms with Gasteiger partial charge < -0.3 is 61.7 Å². The number of aryl methyl sites for hydroxylation is 1. The number of rotatable bonds is 13. The molecule has 0 spiro atoms. The summed E-state index contributed by atoms with van der Waals surface area (Å²) in [5, 5.41) is 16.9. The van der Waals surface area contributed by atoms with Gasteiger partial charge in [0.15, 0.2) is 0 Å². The maximum absolute atomic E-state index is 16.3. The highest BCUT2D eigenvalue weighted by atomic mass is 19.1. The van der Waals surface area contributed by atoms with Gasteiger partial charge in [-0.2, -0.15) is 0 Å². The number of anilines is 1. The van der Waals surface area contributed by atoms with Crippen molar-refractivity contribution in [1.82, 2.24) is 29.6 Å². The third-order valence-corrected chi connectivity index (χ3v) is 12.0. The summed E-state index contributed by atoms with van der Waals surface area (Å²) >= 11 is 0. The molecule has 4 aromatic rings. The van der Waals surface area contributed by atoms with Crippen LogP contribution in [0, 0.1) is 6.92 Å². The van der Waals surface area contributed by atoms with Crippen molar-refractivity contribution < 1.29 is 28.6 Å². The molecule has 3 saturated heterocycles. The Kier molecular flexibility index (Phi) is 15.1. The van der Waals surface area contributed by atoms with E-state index in [9.17, 15) is 19.5 Å². The molecule has 0 saturated carbocycles. The van der Waals surface area contributed by atoms with Gasteiger partial charge in [0.25, 0.3) is 5.91 Å². The van der Waals surface area contributed by atoms with E-state index >= 15 is 4.39 Å². The zero-order valence-electron chi connectivity index (χ0n) is 35.9. The van der Waals surface area contributed by atoms with Crippen molar-refractivity contribution in [2.75, 3.05) is 64.7 Å². The summed E-state index contributed by atoms with van der Waals surface area (Å²) in [6.45, 7) is 8.18. The fourth-order valence-electron chi connectivity index (χ4n) is 8.63. The summed E-state index contributed by atoms with van der Waals surface area (Å²) < 4.78 is 24.9. The van der Waals surface area contributed by atoms with E-state index in [-0.39, 0.29) is 29.7 Å². The first-order valence-corrected chi connectivity index (χ1v) is 21.3. The molecule has 2 aromatic carbocycles. The molecule has 2 aromatic heterocycles. The molecule has 0 aliphatic carbocycles. The summed E-state index contributed by atoms with van der Waals surface area (Å²) in [6.07, 6.45) is 9.47. The number of halogens is 1. The van der Waals surface area contributed by atoms with Gasteiger partial charge in [0.1, 0.15) is 35.3 Å². The molecule has 332 valence electrons. The molecule has 2 unspecified atom stereocenters. The van der Waals surface area contributed by atoms with Crippen LogP contribution in [0.15, 0.2) is 84.6 Å². The smallest absolute Gasteiger partial charge is 0.254 e. The van der Waals surface area contributed by atoms with Gasteiger partial charge >= 0.3 is 0 Å². The number of nitrogens with zero attached hydrogens (tertiary/aromatic N) is 5. The van der Waals surface area contributed by atoms with E-state index in [1.807, 2.05) is 50.2 Å². The third kappa shape index (κ3) is 11.0. The third-order valence-electron chi connectivity index (χ3n) is 12.0. The van der Waals surface area contributed by atoms with Crippen LogP contribution < -0.4 is 27.8 Å². The Labute approximate surface area is 362 Å².